The predicted octanol–water partition coefficient (Wildman–Crippen LogP) is 6.10. The van der Waals surface area contributed by atoms with Crippen molar-refractivity contribution in [3.8, 4) is 5.75 Å². The minimum atomic E-state index is -0.505. The van der Waals surface area contributed by atoms with Crippen LogP contribution in [0.4, 0.5) is 21.0 Å². The van der Waals surface area contributed by atoms with Gasteiger partial charge in [0.15, 0.2) is 0 Å². The summed E-state index contributed by atoms with van der Waals surface area (Å²) in [4.78, 5) is 43.6. The minimum Gasteiger partial charge on any atom is -0.490 e. The molecule has 0 bridgehead atoms. The lowest BCUT2D eigenvalue weighted by molar-refractivity contribution is -0.0123. The molecular weight excluding hydrogens is 598 g/mol. The van der Waals surface area contributed by atoms with Gasteiger partial charge in [0.05, 0.1) is 30.4 Å². The largest absolute Gasteiger partial charge is 0.490 e. The van der Waals surface area contributed by atoms with Gasteiger partial charge < -0.3 is 40.3 Å². The molecule has 1 aliphatic heterocycles. The molecule has 11 heteroatoms. The molecule has 5 amide bonds. The third kappa shape index (κ3) is 10.9. The molecule has 47 heavy (non-hydrogen) atoms. The normalized spacial score (nSPS) is 22.2. The highest BCUT2D eigenvalue weighted by Crippen LogP contribution is 2.29. The lowest BCUT2D eigenvalue weighted by Gasteiger charge is -2.36. The second kappa shape index (κ2) is 17.9. The molecule has 2 aliphatic rings. The van der Waals surface area contributed by atoms with Crippen molar-refractivity contribution in [2.45, 2.75) is 96.4 Å². The van der Waals surface area contributed by atoms with Crippen LogP contribution in [0.3, 0.4) is 0 Å². The van der Waals surface area contributed by atoms with Gasteiger partial charge in [-0.3, -0.25) is 4.79 Å². The Kier molecular flexibility index (Phi) is 13.7. The fourth-order valence-corrected chi connectivity index (χ4v) is 6.16. The van der Waals surface area contributed by atoms with Crippen LogP contribution in [0, 0.1) is 5.92 Å². The number of carbonyl (C=O) groups excluding carboxylic acids is 3. The number of likely N-dealkylation sites (N-methyl/N-ethyl adjacent to an activating group) is 1. The highest BCUT2D eigenvalue weighted by atomic mass is 16.5. The molecule has 258 valence electrons. The van der Waals surface area contributed by atoms with Crippen molar-refractivity contribution in [1.82, 2.24) is 15.1 Å². The van der Waals surface area contributed by atoms with E-state index >= 15 is 0 Å². The second-order valence-corrected chi connectivity index (χ2v) is 13.1. The van der Waals surface area contributed by atoms with E-state index < -0.39 is 12.1 Å². The molecule has 0 unspecified atom stereocenters. The molecule has 1 aliphatic carbocycles. The maximum absolute atomic E-state index is 14.3. The monoisotopic (exact) mass is 651 g/mol. The number of rotatable bonds is 7. The van der Waals surface area contributed by atoms with Gasteiger partial charge in [-0.2, -0.15) is 0 Å². The van der Waals surface area contributed by atoms with E-state index in [1.54, 1.807) is 54.1 Å². The summed E-state index contributed by atoms with van der Waals surface area (Å²) < 4.78 is 12.7. The molecule has 4 rings (SSSR count). The van der Waals surface area contributed by atoms with Crippen molar-refractivity contribution < 1.29 is 29.0 Å². The summed E-state index contributed by atoms with van der Waals surface area (Å²) >= 11 is 0. The predicted molar refractivity (Wildman–Crippen MR) is 184 cm³/mol. The van der Waals surface area contributed by atoms with Crippen LogP contribution >= 0.6 is 0 Å². The standard InChI is InChI=1S/C36H53N5O6/c1-25-22-41(26(2)24-42)34(43)31-21-30(38-35(44)37-28-14-7-5-8-15-28)18-19-32(31)47-27(3)13-11-12-20-46-33(25)23-40(4)36(45)39-29-16-9-6-10-17-29/h5,7-8,14-15,18-19,21,25-27,29,33,42H,6,9-13,16-17,20,22-24H2,1-4H3,(H,39,45)(H2,37,38,44)/t25-,26-,27+,33-/m1/s1. The maximum Gasteiger partial charge on any atom is 0.323 e. The van der Waals surface area contributed by atoms with Crippen LogP contribution in [0.15, 0.2) is 48.5 Å². The first-order valence-corrected chi connectivity index (χ1v) is 17.1. The summed E-state index contributed by atoms with van der Waals surface area (Å²) in [6.07, 6.45) is 7.46. The molecule has 1 saturated carbocycles. The average molecular weight is 652 g/mol. The zero-order valence-corrected chi connectivity index (χ0v) is 28.4. The number of aliphatic hydroxyl groups excluding tert-OH is 1. The van der Waals surface area contributed by atoms with Crippen molar-refractivity contribution in [2.75, 3.05) is 44.0 Å². The molecule has 2 aromatic rings. The lowest BCUT2D eigenvalue weighted by Crippen LogP contribution is -2.50. The number of anilines is 2. The first-order valence-electron chi connectivity index (χ1n) is 17.1. The van der Waals surface area contributed by atoms with Crippen molar-refractivity contribution in [3.63, 3.8) is 0 Å². The van der Waals surface area contributed by atoms with E-state index in [4.69, 9.17) is 9.47 Å². The number of nitrogens with one attached hydrogen (secondary N) is 3. The Morgan fingerprint density at radius 2 is 1.68 bits per heavy atom. The topological polar surface area (TPSA) is 132 Å². The van der Waals surface area contributed by atoms with Gasteiger partial charge in [0.1, 0.15) is 5.75 Å². The molecule has 1 heterocycles. The first-order chi connectivity index (χ1) is 22.6. The SMILES string of the molecule is C[C@@H]1CN([C@H](C)CO)C(=O)c2cc(NC(=O)Nc3ccccc3)ccc2O[C@@H](C)CCCCO[C@@H]1CN(C)C(=O)NC1CCCCC1. The highest BCUT2D eigenvalue weighted by molar-refractivity contribution is 6.02. The van der Waals surface area contributed by atoms with Gasteiger partial charge in [-0.1, -0.05) is 44.4 Å². The Hall–Kier alpha value is -3.83. The Labute approximate surface area is 279 Å². The fraction of sp³-hybridized carbons (Fsp3) is 0.583. The fourth-order valence-electron chi connectivity index (χ4n) is 6.16. The van der Waals surface area contributed by atoms with Crippen molar-refractivity contribution >= 4 is 29.3 Å². The van der Waals surface area contributed by atoms with E-state index in [9.17, 15) is 19.5 Å². The van der Waals surface area contributed by atoms with Crippen molar-refractivity contribution in [2.24, 2.45) is 5.92 Å². The molecular formula is C36H53N5O6. The number of para-hydroxylation sites is 1. The van der Waals surface area contributed by atoms with Gasteiger partial charge in [-0.15, -0.1) is 0 Å². The number of benzene rings is 2. The Morgan fingerprint density at radius 1 is 0.979 bits per heavy atom. The molecule has 4 atom stereocenters. The van der Waals surface area contributed by atoms with Gasteiger partial charge in [-0.05, 0) is 76.3 Å². The smallest absolute Gasteiger partial charge is 0.323 e. The number of ether oxygens (including phenoxy) is 2. The van der Waals surface area contributed by atoms with Crippen LogP contribution < -0.4 is 20.7 Å². The number of hydrogen-bond acceptors (Lipinski definition) is 6. The first kappa shape index (κ1) is 36.0. The van der Waals surface area contributed by atoms with Gasteiger partial charge in [0.2, 0.25) is 0 Å². The van der Waals surface area contributed by atoms with E-state index in [-0.39, 0.29) is 49.3 Å². The minimum absolute atomic E-state index is 0.111. The number of nitrogens with zero attached hydrogens (tertiary/aromatic N) is 2. The Morgan fingerprint density at radius 3 is 2.40 bits per heavy atom. The average Bonchev–Trinajstić information content (AvgIpc) is 3.06. The quantitative estimate of drug-likeness (QED) is 0.286. The molecule has 11 nitrogen and oxygen atoms in total. The molecule has 4 N–H and O–H groups in total. The zero-order valence-electron chi connectivity index (χ0n) is 28.4. The van der Waals surface area contributed by atoms with E-state index in [0.29, 0.717) is 35.8 Å². The van der Waals surface area contributed by atoms with Crippen LogP contribution in [-0.2, 0) is 4.74 Å². The summed E-state index contributed by atoms with van der Waals surface area (Å²) in [5, 5.41) is 19.0. The van der Waals surface area contributed by atoms with Crippen LogP contribution in [0.1, 0.15) is 82.5 Å². The number of amides is 5. The zero-order chi connectivity index (χ0) is 33.8. The highest BCUT2D eigenvalue weighted by Gasteiger charge is 2.31. The van der Waals surface area contributed by atoms with Gasteiger partial charge in [-0.25, -0.2) is 9.59 Å². The maximum atomic E-state index is 14.3. The van der Waals surface area contributed by atoms with Gasteiger partial charge in [0.25, 0.3) is 5.91 Å². The number of fused-ring (bicyclic) bond motifs is 1. The van der Waals surface area contributed by atoms with Gasteiger partial charge >= 0.3 is 12.1 Å². The molecule has 0 aromatic heterocycles. The number of carbonyl (C=O) groups is 3. The Balaban J connectivity index is 1.56. The number of urea groups is 2. The van der Waals surface area contributed by atoms with Gasteiger partial charge in [0, 0.05) is 50.1 Å². The third-order valence-electron chi connectivity index (χ3n) is 9.07. The van der Waals surface area contributed by atoms with E-state index in [0.717, 1.165) is 44.9 Å². The van der Waals surface area contributed by atoms with Crippen molar-refractivity contribution in [3.05, 3.63) is 54.1 Å². The second-order valence-electron chi connectivity index (χ2n) is 13.1. The van der Waals surface area contributed by atoms with Crippen molar-refractivity contribution in [1.29, 1.82) is 0 Å². The summed E-state index contributed by atoms with van der Waals surface area (Å²) in [6.45, 7) is 6.72. The Bertz CT molecular complexity index is 1300. The molecule has 1 fully saturated rings. The van der Waals surface area contributed by atoms with E-state index in [1.807, 2.05) is 32.0 Å². The summed E-state index contributed by atoms with van der Waals surface area (Å²) in [5.74, 6) is -0.0720. The third-order valence-corrected chi connectivity index (χ3v) is 9.07. The molecule has 0 saturated heterocycles. The molecule has 2 aromatic carbocycles. The molecule has 0 radical (unpaired) electrons. The van der Waals surface area contributed by atoms with E-state index in [2.05, 4.69) is 16.0 Å². The summed E-state index contributed by atoms with van der Waals surface area (Å²) in [5.41, 5.74) is 1.36. The lowest BCUT2D eigenvalue weighted by atomic mass is 9.96. The van der Waals surface area contributed by atoms with Crippen LogP contribution in [0.2, 0.25) is 0 Å². The number of hydrogen-bond donors (Lipinski definition) is 4. The van der Waals surface area contributed by atoms with Crippen LogP contribution in [0.25, 0.3) is 0 Å². The molecule has 0 spiro atoms. The summed E-state index contributed by atoms with van der Waals surface area (Å²) in [6, 6.07) is 13.3. The number of aliphatic hydroxyl groups is 1. The van der Waals surface area contributed by atoms with Crippen LogP contribution in [-0.4, -0.2) is 90.5 Å². The van der Waals surface area contributed by atoms with E-state index in [1.165, 1.54) is 6.42 Å². The van der Waals surface area contributed by atoms with Crippen LogP contribution in [0.5, 0.6) is 5.75 Å². The summed E-state index contributed by atoms with van der Waals surface area (Å²) in [7, 11) is 1.79.